The lowest BCUT2D eigenvalue weighted by Gasteiger charge is -2.26. The van der Waals surface area contributed by atoms with Crippen LogP contribution in [0.3, 0.4) is 0 Å². The van der Waals surface area contributed by atoms with Gasteiger partial charge in [-0.3, -0.25) is 0 Å². The van der Waals surface area contributed by atoms with Gasteiger partial charge in [0.25, 0.3) is 0 Å². The lowest BCUT2D eigenvalue weighted by Crippen LogP contribution is -2.15. The molecule has 12 rings (SSSR count). The summed E-state index contributed by atoms with van der Waals surface area (Å²) in [7, 11) is 0. The molecule has 0 spiro atoms. The predicted molar refractivity (Wildman–Crippen MR) is 250 cm³/mol. The van der Waals surface area contributed by atoms with Crippen LogP contribution in [-0.4, -0.2) is 0 Å². The van der Waals surface area contributed by atoms with Gasteiger partial charge in [-0.1, -0.05) is 141 Å². The van der Waals surface area contributed by atoms with Crippen molar-refractivity contribution in [2.24, 2.45) is 0 Å². The first kappa shape index (κ1) is 34.4. The maximum Gasteiger partial charge on any atom is 0.143 e. The van der Waals surface area contributed by atoms with Gasteiger partial charge in [0.2, 0.25) is 0 Å². The zero-order valence-electron chi connectivity index (χ0n) is 33.3. The molecule has 0 N–H and O–H groups in total. The van der Waals surface area contributed by atoms with Crippen molar-refractivity contribution < 1.29 is 8.83 Å². The number of rotatable bonds is 6. The van der Waals surface area contributed by atoms with Crippen molar-refractivity contribution in [1.29, 1.82) is 0 Å². The van der Waals surface area contributed by atoms with E-state index in [9.17, 15) is 0 Å². The molecule has 0 saturated carbocycles. The third kappa shape index (κ3) is 5.36. The van der Waals surface area contributed by atoms with E-state index in [4.69, 9.17) is 8.83 Å². The van der Waals surface area contributed by atoms with E-state index < -0.39 is 0 Å². The summed E-state index contributed by atoms with van der Waals surface area (Å²) < 4.78 is 12.5. The van der Waals surface area contributed by atoms with Crippen LogP contribution in [0.5, 0.6) is 0 Å². The summed E-state index contributed by atoms with van der Waals surface area (Å²) in [5, 5.41) is 4.58. The number of para-hydroxylation sites is 4. The van der Waals surface area contributed by atoms with Gasteiger partial charge >= 0.3 is 0 Å². The SMILES string of the molecule is CC1(C)c2ccc(-c3ccc(N(c4ccccc4)c4ccc(-c5ccc6oc7ccccc7c6c5)cc4)cc3)cc2-c2ccc(-c3cccc4c3oc3ccccc34)cc21. The topological polar surface area (TPSA) is 29.5 Å². The highest BCUT2D eigenvalue weighted by atomic mass is 16.3. The van der Waals surface area contributed by atoms with Crippen LogP contribution in [0.1, 0.15) is 25.0 Å². The van der Waals surface area contributed by atoms with E-state index in [1.165, 1.54) is 38.9 Å². The largest absolute Gasteiger partial charge is 0.456 e. The van der Waals surface area contributed by atoms with Crippen LogP contribution < -0.4 is 4.90 Å². The van der Waals surface area contributed by atoms with Crippen molar-refractivity contribution in [3.05, 3.63) is 211 Å². The van der Waals surface area contributed by atoms with E-state index in [0.717, 1.165) is 77.6 Å². The minimum Gasteiger partial charge on any atom is -0.456 e. The molecule has 2 aromatic heterocycles. The first-order valence-corrected chi connectivity index (χ1v) is 20.7. The minimum absolute atomic E-state index is 0.142. The number of hydrogen-bond acceptors (Lipinski definition) is 3. The molecular formula is C57H39NO2. The summed E-state index contributed by atoms with van der Waals surface area (Å²) >= 11 is 0. The average molecular weight is 770 g/mol. The van der Waals surface area contributed by atoms with Gasteiger partial charge in [-0.15, -0.1) is 0 Å². The highest BCUT2D eigenvalue weighted by Crippen LogP contribution is 2.51. The summed E-state index contributed by atoms with van der Waals surface area (Å²) in [5.74, 6) is 0. The molecule has 284 valence electrons. The summed E-state index contributed by atoms with van der Waals surface area (Å²) in [4.78, 5) is 2.32. The fraction of sp³-hybridized carbons (Fsp3) is 0.0526. The second-order valence-corrected chi connectivity index (χ2v) is 16.5. The maximum absolute atomic E-state index is 6.45. The third-order valence-corrected chi connectivity index (χ3v) is 12.7. The van der Waals surface area contributed by atoms with Gasteiger partial charge in [0.05, 0.1) is 0 Å². The monoisotopic (exact) mass is 769 g/mol. The molecule has 11 aromatic rings. The van der Waals surface area contributed by atoms with Gasteiger partial charge in [-0.2, -0.15) is 0 Å². The Hall–Kier alpha value is -7.62. The molecule has 0 radical (unpaired) electrons. The molecule has 0 saturated heterocycles. The second kappa shape index (κ2) is 13.2. The van der Waals surface area contributed by atoms with Crippen molar-refractivity contribution in [1.82, 2.24) is 0 Å². The average Bonchev–Trinajstić information content (AvgIpc) is 3.94. The van der Waals surface area contributed by atoms with Gasteiger partial charge in [-0.25, -0.2) is 0 Å². The molecule has 0 aliphatic heterocycles. The molecule has 1 aliphatic carbocycles. The van der Waals surface area contributed by atoms with Crippen LogP contribution >= 0.6 is 0 Å². The van der Waals surface area contributed by atoms with E-state index in [2.05, 4.69) is 201 Å². The zero-order valence-corrected chi connectivity index (χ0v) is 33.3. The highest BCUT2D eigenvalue weighted by Gasteiger charge is 2.36. The molecule has 0 bridgehead atoms. The summed E-state index contributed by atoms with van der Waals surface area (Å²) in [6.07, 6.45) is 0. The molecule has 3 nitrogen and oxygen atoms in total. The number of hydrogen-bond donors (Lipinski definition) is 0. The number of fused-ring (bicyclic) bond motifs is 9. The molecule has 3 heteroatoms. The number of anilines is 3. The smallest absolute Gasteiger partial charge is 0.143 e. The highest BCUT2D eigenvalue weighted by molar-refractivity contribution is 6.10. The van der Waals surface area contributed by atoms with Gasteiger partial charge in [-0.05, 0) is 123 Å². The molecule has 9 aromatic carbocycles. The van der Waals surface area contributed by atoms with Crippen LogP contribution in [0.25, 0.3) is 88.4 Å². The fourth-order valence-corrected chi connectivity index (χ4v) is 9.61. The van der Waals surface area contributed by atoms with Crippen molar-refractivity contribution in [3.63, 3.8) is 0 Å². The molecule has 0 atom stereocenters. The van der Waals surface area contributed by atoms with E-state index in [1.54, 1.807) is 0 Å². The van der Waals surface area contributed by atoms with E-state index in [0.29, 0.717) is 0 Å². The number of benzene rings is 9. The lowest BCUT2D eigenvalue weighted by atomic mass is 9.81. The van der Waals surface area contributed by atoms with Gasteiger partial charge in [0.1, 0.15) is 22.3 Å². The second-order valence-electron chi connectivity index (χ2n) is 16.5. The predicted octanol–water partition coefficient (Wildman–Crippen LogP) is 16.3. The van der Waals surface area contributed by atoms with Crippen molar-refractivity contribution in [3.8, 4) is 44.5 Å². The summed E-state index contributed by atoms with van der Waals surface area (Å²) in [6, 6.07) is 71.9. The standard InChI is InChI=1S/C57H39NO2/c1-57(2)51-31-24-38(33-49(51)45-30-23-40(35-52(45)57)44-15-10-16-48-46-13-6-9-18-54(46)60-56(44)48)36-19-26-42(27-20-36)58(41-11-4-3-5-12-41)43-28-21-37(22-29-43)39-25-32-55-50(34-39)47-14-7-8-17-53(47)59-55/h3-35H,1-2H3. The Kier molecular flexibility index (Phi) is 7.58. The summed E-state index contributed by atoms with van der Waals surface area (Å²) in [5.41, 5.74) is 19.2. The first-order chi connectivity index (χ1) is 29.5. The molecule has 1 aliphatic rings. The van der Waals surface area contributed by atoms with E-state index >= 15 is 0 Å². The van der Waals surface area contributed by atoms with Crippen LogP contribution in [0.4, 0.5) is 17.1 Å². The van der Waals surface area contributed by atoms with Crippen molar-refractivity contribution in [2.75, 3.05) is 4.90 Å². The zero-order chi connectivity index (χ0) is 40.0. The van der Waals surface area contributed by atoms with Gasteiger partial charge in [0.15, 0.2) is 0 Å². The Labute approximate surface area is 348 Å². The minimum atomic E-state index is -0.142. The van der Waals surface area contributed by atoms with E-state index in [1.807, 2.05) is 18.2 Å². The van der Waals surface area contributed by atoms with Crippen molar-refractivity contribution in [2.45, 2.75) is 19.3 Å². The Morgan fingerprint density at radius 1 is 0.333 bits per heavy atom. The van der Waals surface area contributed by atoms with Crippen molar-refractivity contribution >= 4 is 60.9 Å². The number of furan rings is 2. The quantitative estimate of drug-likeness (QED) is 0.169. The van der Waals surface area contributed by atoms with Crippen LogP contribution in [0, 0.1) is 0 Å². The summed E-state index contributed by atoms with van der Waals surface area (Å²) in [6.45, 7) is 4.70. The maximum atomic E-state index is 6.45. The third-order valence-electron chi connectivity index (χ3n) is 12.7. The molecule has 0 unspecified atom stereocenters. The van der Waals surface area contributed by atoms with Crippen LogP contribution in [0.15, 0.2) is 209 Å². The fourth-order valence-electron chi connectivity index (χ4n) is 9.61. The molecule has 0 amide bonds. The van der Waals surface area contributed by atoms with Crippen LogP contribution in [0.2, 0.25) is 0 Å². The molecule has 2 heterocycles. The van der Waals surface area contributed by atoms with E-state index in [-0.39, 0.29) is 5.41 Å². The van der Waals surface area contributed by atoms with Crippen LogP contribution in [-0.2, 0) is 5.41 Å². The molecular weight excluding hydrogens is 731 g/mol. The lowest BCUT2D eigenvalue weighted by molar-refractivity contribution is 0.660. The van der Waals surface area contributed by atoms with Gasteiger partial charge in [0, 0.05) is 49.6 Å². The Balaban J connectivity index is 0.868. The molecule has 0 fully saturated rings. The number of nitrogens with zero attached hydrogens (tertiary/aromatic N) is 1. The van der Waals surface area contributed by atoms with Gasteiger partial charge < -0.3 is 13.7 Å². The Morgan fingerprint density at radius 2 is 0.883 bits per heavy atom. The Morgan fingerprint density at radius 3 is 1.62 bits per heavy atom. The normalized spacial score (nSPS) is 13.0. The first-order valence-electron chi connectivity index (χ1n) is 20.7. The molecule has 60 heavy (non-hydrogen) atoms. The Bertz CT molecular complexity index is 3440.